The van der Waals surface area contributed by atoms with E-state index in [0.717, 1.165) is 18.1 Å². The van der Waals surface area contributed by atoms with Gasteiger partial charge in [-0.15, -0.1) is 11.3 Å². The van der Waals surface area contributed by atoms with Gasteiger partial charge >= 0.3 is 0 Å². The molecule has 1 atom stereocenters. The zero-order valence-electron chi connectivity index (χ0n) is 17.4. The van der Waals surface area contributed by atoms with E-state index in [0.29, 0.717) is 42.4 Å². The molecular weight excluding hydrogens is 421 g/mol. The highest BCUT2D eigenvalue weighted by atomic mass is 32.1. The minimum Gasteiger partial charge on any atom is -0.503 e. The summed E-state index contributed by atoms with van der Waals surface area (Å²) in [6, 6.07) is 4.89. The summed E-state index contributed by atoms with van der Waals surface area (Å²) < 4.78 is 18.9. The Hall–Kier alpha value is -2.62. The molecule has 0 radical (unpaired) electrons. The molecule has 0 saturated carbocycles. The van der Waals surface area contributed by atoms with Crippen LogP contribution in [-0.4, -0.2) is 71.0 Å². The summed E-state index contributed by atoms with van der Waals surface area (Å²) >= 11 is 1.23. The van der Waals surface area contributed by atoms with Gasteiger partial charge in [-0.1, -0.05) is 12.1 Å². The molecule has 0 bridgehead atoms. The second-order valence-corrected chi connectivity index (χ2v) is 8.85. The standard InChI is InChI=1S/C22H24FN3O4S/c1-13-21(31-14(2)24-13)19(27)17-18(15-3-5-16(23)6-4-15)26(22(29)20(17)28)8-7-25-9-11-30-12-10-25/h3-6,18,28H,7-12H2,1-2H3. The number of rotatable bonds is 6. The minimum atomic E-state index is -0.788. The number of ketones is 1. The molecule has 2 aliphatic heterocycles. The zero-order chi connectivity index (χ0) is 22.1. The fourth-order valence-electron chi connectivity index (χ4n) is 4.05. The minimum absolute atomic E-state index is 0.0188. The number of aryl methyl sites for hydroxylation is 2. The van der Waals surface area contributed by atoms with Gasteiger partial charge in [-0.3, -0.25) is 14.5 Å². The lowest BCUT2D eigenvalue weighted by atomic mass is 9.95. The molecule has 1 unspecified atom stereocenters. The number of Topliss-reactive ketones (excluding diaryl/α,β-unsaturated/α-hetero) is 1. The summed E-state index contributed by atoms with van der Waals surface area (Å²) in [5.74, 6) is -1.98. The van der Waals surface area contributed by atoms with Crippen LogP contribution in [0.3, 0.4) is 0 Å². The fraction of sp³-hybridized carbons (Fsp3) is 0.409. The van der Waals surface area contributed by atoms with Gasteiger partial charge in [-0.05, 0) is 31.5 Å². The van der Waals surface area contributed by atoms with E-state index in [9.17, 15) is 19.1 Å². The molecule has 4 rings (SSSR count). The fourth-order valence-corrected chi connectivity index (χ4v) is 4.92. The molecule has 2 aliphatic rings. The number of ether oxygens (including phenoxy) is 1. The Labute approximate surface area is 183 Å². The second-order valence-electron chi connectivity index (χ2n) is 7.65. The number of carbonyl (C=O) groups is 2. The summed E-state index contributed by atoms with van der Waals surface area (Å²) in [6.45, 7) is 7.21. The number of amides is 1. The van der Waals surface area contributed by atoms with Gasteiger partial charge in [0.1, 0.15) is 5.82 Å². The Balaban J connectivity index is 1.69. The lowest BCUT2D eigenvalue weighted by Crippen LogP contribution is -2.43. The van der Waals surface area contributed by atoms with E-state index in [2.05, 4.69) is 9.88 Å². The Morgan fingerprint density at radius 3 is 2.52 bits per heavy atom. The summed E-state index contributed by atoms with van der Waals surface area (Å²) in [5.41, 5.74) is 1.15. The molecule has 1 amide bonds. The van der Waals surface area contributed by atoms with Crippen molar-refractivity contribution in [3.8, 4) is 0 Å². The zero-order valence-corrected chi connectivity index (χ0v) is 18.2. The highest BCUT2D eigenvalue weighted by Crippen LogP contribution is 2.40. The SMILES string of the molecule is Cc1nc(C)c(C(=O)C2=C(O)C(=O)N(CCN3CCOCC3)C2c2ccc(F)cc2)s1. The number of aliphatic hydroxyl groups is 1. The Kier molecular flexibility index (Phi) is 6.17. The average Bonchev–Trinajstić information content (AvgIpc) is 3.23. The van der Waals surface area contributed by atoms with E-state index in [1.54, 1.807) is 26.0 Å². The van der Waals surface area contributed by atoms with Crippen molar-refractivity contribution in [3.05, 3.63) is 62.6 Å². The largest absolute Gasteiger partial charge is 0.503 e. The summed E-state index contributed by atoms with van der Waals surface area (Å²) in [7, 11) is 0. The number of thiazole rings is 1. The monoisotopic (exact) mass is 445 g/mol. The van der Waals surface area contributed by atoms with Crippen LogP contribution in [0.25, 0.3) is 0 Å². The Morgan fingerprint density at radius 1 is 1.23 bits per heavy atom. The predicted octanol–water partition coefficient (Wildman–Crippen LogP) is 2.81. The van der Waals surface area contributed by atoms with Gasteiger partial charge in [-0.25, -0.2) is 9.37 Å². The maximum atomic E-state index is 13.6. The number of aliphatic hydroxyl groups excluding tert-OH is 1. The predicted molar refractivity (Wildman–Crippen MR) is 114 cm³/mol. The van der Waals surface area contributed by atoms with Gasteiger partial charge in [0, 0.05) is 26.2 Å². The summed E-state index contributed by atoms with van der Waals surface area (Å²) in [5, 5.41) is 11.5. The molecule has 1 saturated heterocycles. The molecule has 1 aromatic heterocycles. The van der Waals surface area contributed by atoms with Crippen LogP contribution >= 0.6 is 11.3 Å². The van der Waals surface area contributed by atoms with E-state index in [1.807, 2.05) is 0 Å². The normalized spacial score (nSPS) is 20.0. The van der Waals surface area contributed by atoms with Crippen molar-refractivity contribution in [2.45, 2.75) is 19.9 Å². The molecule has 1 N–H and O–H groups in total. The third kappa shape index (κ3) is 4.26. The van der Waals surface area contributed by atoms with E-state index < -0.39 is 29.3 Å². The lowest BCUT2D eigenvalue weighted by molar-refractivity contribution is -0.129. The third-order valence-electron chi connectivity index (χ3n) is 5.60. The summed E-state index contributed by atoms with van der Waals surface area (Å²) in [4.78, 5) is 34.8. The lowest BCUT2D eigenvalue weighted by Gasteiger charge is -2.31. The molecular formula is C22H24FN3O4S. The first-order valence-corrected chi connectivity index (χ1v) is 11.0. The molecule has 1 aromatic carbocycles. The van der Waals surface area contributed by atoms with Crippen molar-refractivity contribution < 1.29 is 23.8 Å². The van der Waals surface area contributed by atoms with Crippen LogP contribution < -0.4 is 0 Å². The molecule has 1 fully saturated rings. The summed E-state index contributed by atoms with van der Waals surface area (Å²) in [6.07, 6.45) is 0. The third-order valence-corrected chi connectivity index (χ3v) is 6.68. The number of halogens is 1. The van der Waals surface area contributed by atoms with Crippen molar-refractivity contribution in [1.82, 2.24) is 14.8 Å². The number of hydrogen-bond donors (Lipinski definition) is 1. The van der Waals surface area contributed by atoms with Crippen LogP contribution in [0, 0.1) is 19.7 Å². The molecule has 3 heterocycles. The van der Waals surface area contributed by atoms with Crippen LogP contribution in [-0.2, 0) is 9.53 Å². The van der Waals surface area contributed by atoms with Crippen molar-refractivity contribution in [2.75, 3.05) is 39.4 Å². The first-order valence-electron chi connectivity index (χ1n) is 10.1. The van der Waals surface area contributed by atoms with Crippen LogP contribution in [0.5, 0.6) is 0 Å². The number of morpholine rings is 1. The van der Waals surface area contributed by atoms with Crippen molar-refractivity contribution in [3.63, 3.8) is 0 Å². The van der Waals surface area contributed by atoms with Crippen LogP contribution in [0.4, 0.5) is 4.39 Å². The molecule has 2 aromatic rings. The maximum Gasteiger partial charge on any atom is 0.290 e. The molecule has 164 valence electrons. The number of aromatic nitrogens is 1. The smallest absolute Gasteiger partial charge is 0.290 e. The van der Waals surface area contributed by atoms with Gasteiger partial charge < -0.3 is 14.7 Å². The molecule has 7 nitrogen and oxygen atoms in total. The number of hydrogen-bond acceptors (Lipinski definition) is 7. The van der Waals surface area contributed by atoms with E-state index >= 15 is 0 Å². The molecule has 31 heavy (non-hydrogen) atoms. The van der Waals surface area contributed by atoms with Gasteiger partial charge in [0.15, 0.2) is 5.76 Å². The highest BCUT2D eigenvalue weighted by molar-refractivity contribution is 7.14. The van der Waals surface area contributed by atoms with E-state index in [1.165, 1.54) is 28.4 Å². The maximum absolute atomic E-state index is 13.6. The van der Waals surface area contributed by atoms with E-state index in [4.69, 9.17) is 4.74 Å². The molecule has 9 heteroatoms. The second kappa shape index (κ2) is 8.86. The Morgan fingerprint density at radius 2 is 1.90 bits per heavy atom. The highest BCUT2D eigenvalue weighted by Gasteiger charge is 2.44. The van der Waals surface area contributed by atoms with Crippen LogP contribution in [0.15, 0.2) is 35.6 Å². The van der Waals surface area contributed by atoms with Crippen LogP contribution in [0.2, 0.25) is 0 Å². The van der Waals surface area contributed by atoms with Gasteiger partial charge in [0.2, 0.25) is 5.78 Å². The average molecular weight is 446 g/mol. The van der Waals surface area contributed by atoms with Gasteiger partial charge in [-0.2, -0.15) is 0 Å². The van der Waals surface area contributed by atoms with Crippen LogP contribution in [0.1, 0.15) is 32.0 Å². The van der Waals surface area contributed by atoms with Crippen molar-refractivity contribution in [1.29, 1.82) is 0 Å². The Bertz CT molecular complexity index is 1030. The number of nitrogens with zero attached hydrogens (tertiary/aromatic N) is 3. The number of benzene rings is 1. The topological polar surface area (TPSA) is 83.0 Å². The number of carbonyl (C=O) groups excluding carboxylic acids is 2. The molecule has 0 aliphatic carbocycles. The first kappa shape index (κ1) is 21.6. The van der Waals surface area contributed by atoms with Crippen molar-refractivity contribution in [2.24, 2.45) is 0 Å². The van der Waals surface area contributed by atoms with Crippen molar-refractivity contribution >= 4 is 23.0 Å². The first-order chi connectivity index (χ1) is 14.9. The molecule has 0 spiro atoms. The van der Waals surface area contributed by atoms with Gasteiger partial charge in [0.05, 0.1) is 40.4 Å². The van der Waals surface area contributed by atoms with Gasteiger partial charge in [0.25, 0.3) is 5.91 Å². The van der Waals surface area contributed by atoms with E-state index in [-0.39, 0.29) is 5.57 Å². The quantitative estimate of drug-likeness (QED) is 0.689.